The molecule has 4 heteroatoms. The lowest BCUT2D eigenvalue weighted by Crippen LogP contribution is -1.89. The molecular formula is C12H12BrNO2. The van der Waals surface area contributed by atoms with Gasteiger partial charge in [-0.05, 0) is 18.6 Å². The Morgan fingerprint density at radius 2 is 2.25 bits per heavy atom. The minimum absolute atomic E-state index is 0.676. The second kappa shape index (κ2) is 4.70. The molecule has 2 aromatic rings. The lowest BCUT2D eigenvalue weighted by atomic mass is 10.1. The summed E-state index contributed by atoms with van der Waals surface area (Å²) in [6.45, 7) is 2.01. The van der Waals surface area contributed by atoms with Gasteiger partial charge in [-0.25, -0.2) is 4.98 Å². The van der Waals surface area contributed by atoms with Crippen molar-refractivity contribution in [1.82, 2.24) is 4.98 Å². The Labute approximate surface area is 103 Å². The van der Waals surface area contributed by atoms with E-state index in [1.165, 1.54) is 6.39 Å². The minimum atomic E-state index is 0.676. The summed E-state index contributed by atoms with van der Waals surface area (Å²) in [4.78, 5) is 4.13. The van der Waals surface area contributed by atoms with Gasteiger partial charge in [-0.2, -0.15) is 0 Å². The number of benzene rings is 1. The molecule has 0 aliphatic heterocycles. The van der Waals surface area contributed by atoms with Crippen LogP contribution in [0.2, 0.25) is 0 Å². The molecule has 0 aliphatic rings. The van der Waals surface area contributed by atoms with E-state index in [9.17, 15) is 0 Å². The minimum Gasteiger partial charge on any atom is -0.496 e. The predicted molar refractivity (Wildman–Crippen MR) is 65.9 cm³/mol. The summed E-state index contributed by atoms with van der Waals surface area (Å²) in [5.74, 6) is 1.64. The standard InChI is InChI=1S/C12H12BrNO2/c1-8-3-4-9(5-11(8)15-2)12-10(6-13)14-7-16-12/h3-5,7H,6H2,1-2H3. The van der Waals surface area contributed by atoms with Crippen molar-refractivity contribution in [3.63, 3.8) is 0 Å². The summed E-state index contributed by atoms with van der Waals surface area (Å²) in [7, 11) is 1.66. The molecule has 0 aliphatic carbocycles. The number of alkyl halides is 1. The summed E-state index contributed by atoms with van der Waals surface area (Å²) < 4.78 is 10.7. The van der Waals surface area contributed by atoms with Gasteiger partial charge in [0.15, 0.2) is 12.2 Å². The Balaban J connectivity index is 2.48. The van der Waals surface area contributed by atoms with Crippen LogP contribution >= 0.6 is 15.9 Å². The van der Waals surface area contributed by atoms with E-state index < -0.39 is 0 Å². The number of nitrogens with zero attached hydrogens (tertiary/aromatic N) is 1. The molecule has 1 aromatic carbocycles. The lowest BCUT2D eigenvalue weighted by molar-refractivity contribution is 0.411. The van der Waals surface area contributed by atoms with Crippen LogP contribution in [0.3, 0.4) is 0 Å². The number of oxazole rings is 1. The molecule has 3 nitrogen and oxygen atoms in total. The van der Waals surface area contributed by atoms with Gasteiger partial charge in [0.1, 0.15) is 5.75 Å². The highest BCUT2D eigenvalue weighted by molar-refractivity contribution is 9.08. The van der Waals surface area contributed by atoms with Gasteiger partial charge in [0.05, 0.1) is 12.8 Å². The summed E-state index contributed by atoms with van der Waals surface area (Å²) in [5, 5.41) is 0.676. The zero-order valence-electron chi connectivity index (χ0n) is 9.16. The quantitative estimate of drug-likeness (QED) is 0.807. The van der Waals surface area contributed by atoms with Crippen LogP contribution in [0.5, 0.6) is 5.75 Å². The number of halogens is 1. The van der Waals surface area contributed by atoms with Crippen molar-refractivity contribution in [3.05, 3.63) is 35.9 Å². The maximum Gasteiger partial charge on any atom is 0.181 e. The molecule has 0 bridgehead atoms. The van der Waals surface area contributed by atoms with Gasteiger partial charge in [0.25, 0.3) is 0 Å². The van der Waals surface area contributed by atoms with Gasteiger partial charge in [-0.1, -0.05) is 28.1 Å². The van der Waals surface area contributed by atoms with Crippen LogP contribution in [-0.2, 0) is 5.33 Å². The first kappa shape index (κ1) is 11.2. The monoisotopic (exact) mass is 281 g/mol. The molecule has 0 unspecified atom stereocenters. The molecule has 0 N–H and O–H groups in total. The van der Waals surface area contributed by atoms with E-state index in [0.29, 0.717) is 5.33 Å². The van der Waals surface area contributed by atoms with E-state index in [1.54, 1.807) is 7.11 Å². The van der Waals surface area contributed by atoms with E-state index in [1.807, 2.05) is 25.1 Å². The Morgan fingerprint density at radius 1 is 1.44 bits per heavy atom. The Hall–Kier alpha value is -1.29. The molecule has 0 saturated heterocycles. The molecule has 0 fully saturated rings. The third kappa shape index (κ3) is 1.97. The van der Waals surface area contributed by atoms with Crippen molar-refractivity contribution in [2.24, 2.45) is 0 Å². The molecule has 1 heterocycles. The molecule has 16 heavy (non-hydrogen) atoms. The van der Waals surface area contributed by atoms with Gasteiger partial charge in [0.2, 0.25) is 0 Å². The molecule has 2 rings (SSSR count). The maximum absolute atomic E-state index is 5.38. The average Bonchev–Trinajstić information content (AvgIpc) is 2.78. The molecule has 0 spiro atoms. The van der Waals surface area contributed by atoms with E-state index in [2.05, 4.69) is 20.9 Å². The van der Waals surface area contributed by atoms with E-state index in [-0.39, 0.29) is 0 Å². The smallest absolute Gasteiger partial charge is 0.181 e. The number of rotatable bonds is 3. The highest BCUT2D eigenvalue weighted by Gasteiger charge is 2.11. The van der Waals surface area contributed by atoms with Crippen LogP contribution in [0, 0.1) is 6.92 Å². The molecular weight excluding hydrogens is 270 g/mol. The Morgan fingerprint density at radius 3 is 2.94 bits per heavy atom. The average molecular weight is 282 g/mol. The fourth-order valence-electron chi connectivity index (χ4n) is 1.56. The SMILES string of the molecule is COc1cc(-c2ocnc2CBr)ccc1C. The number of hydrogen-bond donors (Lipinski definition) is 0. The van der Waals surface area contributed by atoms with Crippen molar-refractivity contribution in [3.8, 4) is 17.1 Å². The van der Waals surface area contributed by atoms with E-state index in [4.69, 9.17) is 9.15 Å². The first-order valence-corrected chi connectivity index (χ1v) is 6.01. The first-order valence-electron chi connectivity index (χ1n) is 4.89. The number of methoxy groups -OCH3 is 1. The highest BCUT2D eigenvalue weighted by Crippen LogP contribution is 2.29. The van der Waals surface area contributed by atoms with Crippen molar-refractivity contribution in [2.75, 3.05) is 7.11 Å². The third-order valence-electron chi connectivity index (χ3n) is 2.44. The van der Waals surface area contributed by atoms with Crippen LogP contribution in [0.1, 0.15) is 11.3 Å². The molecule has 0 saturated carbocycles. The Kier molecular flexibility index (Phi) is 3.29. The fraction of sp³-hybridized carbons (Fsp3) is 0.250. The van der Waals surface area contributed by atoms with Crippen LogP contribution in [0.4, 0.5) is 0 Å². The molecule has 0 atom stereocenters. The van der Waals surface area contributed by atoms with Crippen LogP contribution < -0.4 is 4.74 Å². The second-order valence-electron chi connectivity index (χ2n) is 3.45. The topological polar surface area (TPSA) is 35.3 Å². The van der Waals surface area contributed by atoms with Crippen LogP contribution in [0.25, 0.3) is 11.3 Å². The van der Waals surface area contributed by atoms with Crippen molar-refractivity contribution >= 4 is 15.9 Å². The zero-order chi connectivity index (χ0) is 11.5. The van der Waals surface area contributed by atoms with Gasteiger partial charge < -0.3 is 9.15 Å². The maximum atomic E-state index is 5.38. The first-order chi connectivity index (χ1) is 7.76. The van der Waals surface area contributed by atoms with E-state index in [0.717, 1.165) is 28.3 Å². The zero-order valence-corrected chi connectivity index (χ0v) is 10.7. The predicted octanol–water partition coefficient (Wildman–Crippen LogP) is 3.55. The summed E-state index contributed by atoms with van der Waals surface area (Å²) in [6, 6.07) is 5.97. The highest BCUT2D eigenvalue weighted by atomic mass is 79.9. The molecule has 0 radical (unpaired) electrons. The fourth-order valence-corrected chi connectivity index (χ4v) is 1.96. The van der Waals surface area contributed by atoms with Crippen molar-refractivity contribution in [2.45, 2.75) is 12.3 Å². The Bertz CT molecular complexity index is 494. The number of ether oxygens (including phenoxy) is 1. The van der Waals surface area contributed by atoms with E-state index >= 15 is 0 Å². The number of aromatic nitrogens is 1. The molecule has 84 valence electrons. The van der Waals surface area contributed by atoms with Gasteiger partial charge in [0, 0.05) is 10.9 Å². The summed E-state index contributed by atoms with van der Waals surface area (Å²) >= 11 is 3.38. The number of aryl methyl sites for hydroxylation is 1. The van der Waals surface area contributed by atoms with Crippen molar-refractivity contribution in [1.29, 1.82) is 0 Å². The normalized spacial score (nSPS) is 10.4. The van der Waals surface area contributed by atoms with Gasteiger partial charge in [-0.3, -0.25) is 0 Å². The summed E-state index contributed by atoms with van der Waals surface area (Å²) in [6.07, 6.45) is 1.46. The molecule has 0 amide bonds. The second-order valence-corrected chi connectivity index (χ2v) is 4.01. The lowest BCUT2D eigenvalue weighted by Gasteiger charge is -2.06. The summed E-state index contributed by atoms with van der Waals surface area (Å²) in [5.41, 5.74) is 2.98. The molecule has 1 aromatic heterocycles. The van der Waals surface area contributed by atoms with Crippen molar-refractivity contribution < 1.29 is 9.15 Å². The number of hydrogen-bond acceptors (Lipinski definition) is 3. The largest absolute Gasteiger partial charge is 0.496 e. The van der Waals surface area contributed by atoms with Gasteiger partial charge in [-0.15, -0.1) is 0 Å². The van der Waals surface area contributed by atoms with Crippen LogP contribution in [0.15, 0.2) is 29.0 Å². The third-order valence-corrected chi connectivity index (χ3v) is 2.97. The van der Waals surface area contributed by atoms with Crippen LogP contribution in [-0.4, -0.2) is 12.1 Å². The van der Waals surface area contributed by atoms with Gasteiger partial charge >= 0.3 is 0 Å².